The first-order valence-corrected chi connectivity index (χ1v) is 10.2. The molecule has 0 aromatic heterocycles. The van der Waals surface area contributed by atoms with Crippen LogP contribution < -0.4 is 4.74 Å². The van der Waals surface area contributed by atoms with Gasteiger partial charge in [0.05, 0.1) is 13.2 Å². The van der Waals surface area contributed by atoms with Crippen LogP contribution in [0.5, 0.6) is 5.75 Å². The van der Waals surface area contributed by atoms with Crippen LogP contribution in [0.3, 0.4) is 0 Å². The van der Waals surface area contributed by atoms with Gasteiger partial charge in [-0.3, -0.25) is 9.69 Å². The zero-order valence-corrected chi connectivity index (χ0v) is 15.6. The summed E-state index contributed by atoms with van der Waals surface area (Å²) in [6, 6.07) is 8.41. The number of rotatable bonds is 4. The minimum Gasteiger partial charge on any atom is -0.488 e. The van der Waals surface area contributed by atoms with Gasteiger partial charge in [-0.05, 0) is 31.0 Å². The Morgan fingerprint density at radius 1 is 1.04 bits per heavy atom. The molecule has 0 spiro atoms. The summed E-state index contributed by atoms with van der Waals surface area (Å²) < 4.78 is 11.5. The van der Waals surface area contributed by atoms with Gasteiger partial charge in [0.2, 0.25) is 0 Å². The Hall–Kier alpha value is -1.59. The van der Waals surface area contributed by atoms with Crippen LogP contribution >= 0.6 is 0 Å². The molecule has 3 fully saturated rings. The van der Waals surface area contributed by atoms with Gasteiger partial charge in [-0.2, -0.15) is 0 Å². The molecule has 1 aliphatic carbocycles. The molecule has 2 saturated heterocycles. The first-order chi connectivity index (χ1) is 12.8. The summed E-state index contributed by atoms with van der Waals surface area (Å²) in [5.74, 6) is 0.891. The zero-order valence-electron chi connectivity index (χ0n) is 15.6. The smallest absolute Gasteiger partial charge is 0.254 e. The fourth-order valence-electron chi connectivity index (χ4n) is 4.31. The van der Waals surface area contributed by atoms with Crippen LogP contribution in [-0.2, 0) is 4.74 Å². The molecule has 1 aromatic rings. The average molecular weight is 358 g/mol. The normalized spacial score (nSPS) is 23.3. The predicted octanol–water partition coefficient (Wildman–Crippen LogP) is 2.94. The van der Waals surface area contributed by atoms with E-state index in [2.05, 4.69) is 4.90 Å². The standard InChI is InChI=1S/C21H30N2O3/c24-21(22-10-12-25-13-11-22)17-6-5-9-19(14-17)26-20-15-23(16-20)18-7-3-1-2-4-8-18/h5-6,9,14,18,20H,1-4,7-8,10-13,15-16H2. The zero-order chi connectivity index (χ0) is 17.8. The fraction of sp³-hybridized carbons (Fsp3) is 0.667. The summed E-state index contributed by atoms with van der Waals surface area (Å²) in [6.45, 7) is 4.63. The average Bonchev–Trinajstić information content (AvgIpc) is 2.94. The molecule has 1 aromatic carbocycles. The minimum absolute atomic E-state index is 0.0763. The molecule has 142 valence electrons. The number of nitrogens with zero attached hydrogens (tertiary/aromatic N) is 2. The SMILES string of the molecule is O=C(c1cccc(OC2CN(C3CCCCCC3)C2)c1)N1CCOCC1. The number of carbonyl (C=O) groups is 1. The second-order valence-corrected chi connectivity index (χ2v) is 7.77. The van der Waals surface area contributed by atoms with Crippen molar-refractivity contribution in [2.75, 3.05) is 39.4 Å². The van der Waals surface area contributed by atoms with Crippen molar-refractivity contribution in [3.8, 4) is 5.75 Å². The first-order valence-electron chi connectivity index (χ1n) is 10.2. The molecule has 1 saturated carbocycles. The summed E-state index contributed by atoms with van der Waals surface area (Å²) in [7, 11) is 0. The van der Waals surface area contributed by atoms with Gasteiger partial charge in [-0.25, -0.2) is 0 Å². The largest absolute Gasteiger partial charge is 0.488 e. The van der Waals surface area contributed by atoms with Crippen molar-refractivity contribution < 1.29 is 14.3 Å². The van der Waals surface area contributed by atoms with E-state index in [1.54, 1.807) is 0 Å². The number of likely N-dealkylation sites (tertiary alicyclic amines) is 1. The van der Waals surface area contributed by atoms with Crippen molar-refractivity contribution in [2.45, 2.75) is 50.7 Å². The number of benzene rings is 1. The monoisotopic (exact) mass is 358 g/mol. The van der Waals surface area contributed by atoms with Crippen molar-refractivity contribution in [3.05, 3.63) is 29.8 Å². The van der Waals surface area contributed by atoms with Crippen LogP contribution in [0.25, 0.3) is 0 Å². The van der Waals surface area contributed by atoms with E-state index >= 15 is 0 Å². The number of hydrogen-bond acceptors (Lipinski definition) is 4. The van der Waals surface area contributed by atoms with Gasteiger partial charge in [0.15, 0.2) is 0 Å². The number of morpholine rings is 1. The maximum atomic E-state index is 12.6. The number of ether oxygens (including phenoxy) is 2. The second-order valence-electron chi connectivity index (χ2n) is 7.77. The quantitative estimate of drug-likeness (QED) is 0.776. The molecular formula is C21H30N2O3. The van der Waals surface area contributed by atoms with Gasteiger partial charge in [0.1, 0.15) is 11.9 Å². The lowest BCUT2D eigenvalue weighted by molar-refractivity contribution is -0.0132. The van der Waals surface area contributed by atoms with Gasteiger partial charge in [0, 0.05) is 37.8 Å². The Morgan fingerprint density at radius 3 is 2.50 bits per heavy atom. The molecule has 1 amide bonds. The third kappa shape index (κ3) is 4.21. The minimum atomic E-state index is 0.0763. The summed E-state index contributed by atoms with van der Waals surface area (Å²) in [6.07, 6.45) is 8.48. The molecule has 0 unspecified atom stereocenters. The Bertz CT molecular complexity index is 601. The van der Waals surface area contributed by atoms with Crippen LogP contribution in [0.15, 0.2) is 24.3 Å². The van der Waals surface area contributed by atoms with Crippen molar-refractivity contribution in [1.82, 2.24) is 9.80 Å². The molecule has 2 heterocycles. The van der Waals surface area contributed by atoms with Gasteiger partial charge in [-0.15, -0.1) is 0 Å². The second kappa shape index (κ2) is 8.40. The summed E-state index contributed by atoms with van der Waals surface area (Å²) >= 11 is 0. The van der Waals surface area contributed by atoms with E-state index in [1.807, 2.05) is 29.2 Å². The third-order valence-corrected chi connectivity index (χ3v) is 5.90. The third-order valence-electron chi connectivity index (χ3n) is 5.90. The molecule has 4 rings (SSSR count). The maximum absolute atomic E-state index is 12.6. The molecule has 0 bridgehead atoms. The van der Waals surface area contributed by atoms with Crippen LogP contribution in [0.1, 0.15) is 48.9 Å². The van der Waals surface area contributed by atoms with E-state index < -0.39 is 0 Å². The molecule has 5 nitrogen and oxygen atoms in total. The van der Waals surface area contributed by atoms with E-state index in [4.69, 9.17) is 9.47 Å². The summed E-state index contributed by atoms with van der Waals surface area (Å²) in [5, 5.41) is 0. The van der Waals surface area contributed by atoms with Gasteiger partial charge in [-0.1, -0.05) is 31.7 Å². The highest BCUT2D eigenvalue weighted by Gasteiger charge is 2.33. The molecule has 0 atom stereocenters. The molecule has 0 N–H and O–H groups in total. The van der Waals surface area contributed by atoms with Crippen molar-refractivity contribution in [2.24, 2.45) is 0 Å². The Labute approximate surface area is 156 Å². The lowest BCUT2D eigenvalue weighted by atomic mass is 10.0. The maximum Gasteiger partial charge on any atom is 0.254 e. The molecule has 0 radical (unpaired) electrons. The molecule has 26 heavy (non-hydrogen) atoms. The highest BCUT2D eigenvalue weighted by molar-refractivity contribution is 5.94. The van der Waals surface area contributed by atoms with Crippen molar-refractivity contribution in [1.29, 1.82) is 0 Å². The topological polar surface area (TPSA) is 42.0 Å². The van der Waals surface area contributed by atoms with E-state index in [1.165, 1.54) is 38.5 Å². The van der Waals surface area contributed by atoms with Crippen LogP contribution in [0.2, 0.25) is 0 Å². The molecular weight excluding hydrogens is 328 g/mol. The number of amides is 1. The highest BCUT2D eigenvalue weighted by Crippen LogP contribution is 2.27. The van der Waals surface area contributed by atoms with Crippen molar-refractivity contribution in [3.63, 3.8) is 0 Å². The molecule has 3 aliphatic rings. The van der Waals surface area contributed by atoms with Crippen LogP contribution in [0.4, 0.5) is 0 Å². The molecule has 5 heteroatoms. The van der Waals surface area contributed by atoms with Crippen LogP contribution in [0, 0.1) is 0 Å². The summed E-state index contributed by atoms with van der Waals surface area (Å²) in [5.41, 5.74) is 0.712. The number of hydrogen-bond donors (Lipinski definition) is 0. The predicted molar refractivity (Wildman–Crippen MR) is 101 cm³/mol. The lowest BCUT2D eigenvalue weighted by Gasteiger charge is -2.44. The van der Waals surface area contributed by atoms with E-state index in [0.717, 1.165) is 24.9 Å². The first kappa shape index (κ1) is 17.8. The highest BCUT2D eigenvalue weighted by atomic mass is 16.5. The van der Waals surface area contributed by atoms with Gasteiger partial charge >= 0.3 is 0 Å². The Balaban J connectivity index is 1.30. The number of carbonyl (C=O) groups excluding carboxylic acids is 1. The van der Waals surface area contributed by atoms with E-state index in [-0.39, 0.29) is 12.0 Å². The van der Waals surface area contributed by atoms with E-state index in [9.17, 15) is 4.79 Å². The summed E-state index contributed by atoms with van der Waals surface area (Å²) in [4.78, 5) is 17.1. The van der Waals surface area contributed by atoms with Gasteiger partial charge in [0.25, 0.3) is 5.91 Å². The van der Waals surface area contributed by atoms with Crippen molar-refractivity contribution >= 4 is 5.91 Å². The fourth-order valence-corrected chi connectivity index (χ4v) is 4.31. The Morgan fingerprint density at radius 2 is 1.77 bits per heavy atom. The van der Waals surface area contributed by atoms with Crippen LogP contribution in [-0.4, -0.2) is 67.2 Å². The van der Waals surface area contributed by atoms with Gasteiger partial charge < -0.3 is 14.4 Å². The lowest BCUT2D eigenvalue weighted by Crippen LogP contribution is -2.57. The molecule has 2 aliphatic heterocycles. The van der Waals surface area contributed by atoms with E-state index in [0.29, 0.717) is 31.9 Å². The Kier molecular flexibility index (Phi) is 5.75.